The van der Waals surface area contributed by atoms with Crippen molar-refractivity contribution in [3.05, 3.63) is 34.4 Å². The molecule has 0 aromatic heterocycles. The van der Waals surface area contributed by atoms with E-state index in [1.54, 1.807) is 0 Å². The maximum absolute atomic E-state index is 12.7. The number of hydrogen-bond acceptors (Lipinski definition) is 3. The highest BCUT2D eigenvalue weighted by atomic mass is 16.2. The number of benzene rings is 1. The van der Waals surface area contributed by atoms with Crippen LogP contribution in [0, 0.1) is 26.7 Å². The lowest BCUT2D eigenvalue weighted by atomic mass is 9.86. The molecule has 1 aromatic rings. The van der Waals surface area contributed by atoms with Gasteiger partial charge in [-0.25, -0.2) is 0 Å². The minimum absolute atomic E-state index is 0.0343. The Morgan fingerprint density at radius 1 is 1.17 bits per heavy atom. The molecule has 2 atom stereocenters. The van der Waals surface area contributed by atoms with E-state index in [-0.39, 0.29) is 36.4 Å². The van der Waals surface area contributed by atoms with E-state index < -0.39 is 11.8 Å². The molecule has 1 aromatic carbocycles. The molecule has 0 spiro atoms. The molecule has 0 aliphatic heterocycles. The van der Waals surface area contributed by atoms with Crippen LogP contribution in [0.3, 0.4) is 0 Å². The third kappa shape index (κ3) is 3.69. The summed E-state index contributed by atoms with van der Waals surface area (Å²) >= 11 is 0. The SMILES string of the molecule is Cc1cc(C)c(C2C(=O)CC(CC(=O)NC(C)C)C2=O)c(C)c1. The van der Waals surface area contributed by atoms with Gasteiger partial charge in [-0.05, 0) is 51.3 Å². The number of amides is 1. The van der Waals surface area contributed by atoms with Gasteiger partial charge in [-0.1, -0.05) is 17.7 Å². The van der Waals surface area contributed by atoms with Crippen LogP contribution in [0.5, 0.6) is 0 Å². The lowest BCUT2D eigenvalue weighted by Gasteiger charge is -2.16. The van der Waals surface area contributed by atoms with E-state index in [9.17, 15) is 14.4 Å². The van der Waals surface area contributed by atoms with Gasteiger partial charge in [-0.3, -0.25) is 14.4 Å². The van der Waals surface area contributed by atoms with E-state index in [0.29, 0.717) is 0 Å². The molecular weight excluding hydrogens is 290 g/mol. The van der Waals surface area contributed by atoms with E-state index in [4.69, 9.17) is 0 Å². The van der Waals surface area contributed by atoms with Crippen molar-refractivity contribution in [1.82, 2.24) is 5.32 Å². The Hall–Kier alpha value is -1.97. The van der Waals surface area contributed by atoms with Crippen LogP contribution in [0.15, 0.2) is 12.1 Å². The predicted molar refractivity (Wildman–Crippen MR) is 89.4 cm³/mol. The maximum Gasteiger partial charge on any atom is 0.220 e. The first kappa shape index (κ1) is 17.4. The molecule has 23 heavy (non-hydrogen) atoms. The monoisotopic (exact) mass is 315 g/mol. The van der Waals surface area contributed by atoms with Crippen molar-refractivity contribution in [3.63, 3.8) is 0 Å². The number of rotatable bonds is 4. The number of carbonyl (C=O) groups is 3. The van der Waals surface area contributed by atoms with Crippen molar-refractivity contribution in [1.29, 1.82) is 0 Å². The first-order chi connectivity index (χ1) is 10.7. The zero-order valence-corrected chi connectivity index (χ0v) is 14.5. The van der Waals surface area contributed by atoms with Crippen molar-refractivity contribution in [3.8, 4) is 0 Å². The fraction of sp³-hybridized carbons (Fsp3) is 0.526. The maximum atomic E-state index is 12.7. The van der Waals surface area contributed by atoms with Crippen LogP contribution in [0.25, 0.3) is 0 Å². The van der Waals surface area contributed by atoms with Crippen LogP contribution in [-0.2, 0) is 14.4 Å². The van der Waals surface area contributed by atoms with Crippen LogP contribution in [0.4, 0.5) is 0 Å². The number of aryl methyl sites for hydroxylation is 3. The summed E-state index contributed by atoms with van der Waals surface area (Å²) in [5.74, 6) is -1.53. The smallest absolute Gasteiger partial charge is 0.220 e. The summed E-state index contributed by atoms with van der Waals surface area (Å²) in [6, 6.07) is 4.04. The van der Waals surface area contributed by atoms with Gasteiger partial charge in [-0.15, -0.1) is 0 Å². The van der Waals surface area contributed by atoms with Crippen LogP contribution < -0.4 is 5.32 Å². The second-order valence-corrected chi connectivity index (χ2v) is 6.94. The topological polar surface area (TPSA) is 63.2 Å². The Labute approximate surface area is 137 Å². The number of nitrogens with one attached hydrogen (secondary N) is 1. The average molecular weight is 315 g/mol. The summed E-state index contributed by atoms with van der Waals surface area (Å²) in [6.45, 7) is 9.63. The summed E-state index contributed by atoms with van der Waals surface area (Å²) in [5, 5.41) is 2.79. The number of Topliss-reactive ketones (excluding diaryl/α,β-unsaturated/α-hetero) is 2. The molecule has 4 nitrogen and oxygen atoms in total. The van der Waals surface area contributed by atoms with Gasteiger partial charge in [0.05, 0.1) is 0 Å². The Balaban J connectivity index is 2.24. The largest absolute Gasteiger partial charge is 0.354 e. The molecule has 124 valence electrons. The molecule has 4 heteroatoms. The summed E-state index contributed by atoms with van der Waals surface area (Å²) < 4.78 is 0. The zero-order chi connectivity index (χ0) is 17.3. The summed E-state index contributed by atoms with van der Waals surface area (Å²) in [6.07, 6.45) is 0.269. The van der Waals surface area contributed by atoms with Crippen molar-refractivity contribution in [2.45, 2.75) is 59.4 Å². The van der Waals surface area contributed by atoms with Gasteiger partial charge in [0.2, 0.25) is 5.91 Å². The summed E-state index contributed by atoms with van der Waals surface area (Å²) in [7, 11) is 0. The van der Waals surface area contributed by atoms with Gasteiger partial charge in [-0.2, -0.15) is 0 Å². The highest BCUT2D eigenvalue weighted by molar-refractivity contribution is 6.15. The molecule has 1 aliphatic carbocycles. The van der Waals surface area contributed by atoms with Crippen LogP contribution >= 0.6 is 0 Å². The number of carbonyl (C=O) groups excluding carboxylic acids is 3. The van der Waals surface area contributed by atoms with Crippen molar-refractivity contribution >= 4 is 17.5 Å². The van der Waals surface area contributed by atoms with Gasteiger partial charge in [0.1, 0.15) is 11.7 Å². The van der Waals surface area contributed by atoms with Gasteiger partial charge in [0.25, 0.3) is 0 Å². The van der Waals surface area contributed by atoms with Crippen LogP contribution in [0.2, 0.25) is 0 Å². The zero-order valence-electron chi connectivity index (χ0n) is 14.5. The van der Waals surface area contributed by atoms with Crippen molar-refractivity contribution in [2.24, 2.45) is 5.92 Å². The Bertz CT molecular complexity index is 638. The lowest BCUT2D eigenvalue weighted by molar-refractivity contribution is -0.128. The lowest BCUT2D eigenvalue weighted by Crippen LogP contribution is -2.32. The molecule has 1 N–H and O–H groups in total. The summed E-state index contributed by atoms with van der Waals surface area (Å²) in [5.41, 5.74) is 3.90. The number of ketones is 2. The molecule has 1 aliphatic rings. The van der Waals surface area contributed by atoms with Crippen LogP contribution in [0.1, 0.15) is 54.9 Å². The molecule has 2 unspecified atom stereocenters. The first-order valence-corrected chi connectivity index (χ1v) is 8.14. The van der Waals surface area contributed by atoms with Crippen LogP contribution in [-0.4, -0.2) is 23.5 Å². The molecule has 0 heterocycles. The Morgan fingerprint density at radius 2 is 1.74 bits per heavy atom. The molecule has 0 bridgehead atoms. The molecular formula is C19H25NO3. The quantitative estimate of drug-likeness (QED) is 0.869. The second kappa shape index (κ2) is 6.65. The van der Waals surface area contributed by atoms with E-state index in [0.717, 1.165) is 22.3 Å². The fourth-order valence-electron chi connectivity index (χ4n) is 3.58. The second-order valence-electron chi connectivity index (χ2n) is 6.94. The van der Waals surface area contributed by atoms with Gasteiger partial charge < -0.3 is 5.32 Å². The highest BCUT2D eigenvalue weighted by Crippen LogP contribution is 2.37. The Morgan fingerprint density at radius 3 is 2.26 bits per heavy atom. The minimum Gasteiger partial charge on any atom is -0.354 e. The van der Waals surface area contributed by atoms with E-state index in [1.165, 1.54) is 0 Å². The van der Waals surface area contributed by atoms with Gasteiger partial charge in [0, 0.05) is 24.8 Å². The highest BCUT2D eigenvalue weighted by Gasteiger charge is 2.43. The Kier molecular flexibility index (Phi) is 5.03. The fourth-order valence-corrected chi connectivity index (χ4v) is 3.58. The van der Waals surface area contributed by atoms with Crippen molar-refractivity contribution in [2.75, 3.05) is 0 Å². The molecule has 0 radical (unpaired) electrons. The van der Waals surface area contributed by atoms with Gasteiger partial charge in [0.15, 0.2) is 5.78 Å². The van der Waals surface area contributed by atoms with Crippen molar-refractivity contribution < 1.29 is 14.4 Å². The average Bonchev–Trinajstić information content (AvgIpc) is 2.64. The standard InChI is InChI=1S/C19H25NO3/c1-10(2)20-16(22)9-14-8-15(21)18(19(14)23)17-12(4)6-11(3)7-13(17)5/h6-7,10,14,18H,8-9H2,1-5H3,(H,20,22). The molecule has 1 saturated carbocycles. The molecule has 0 saturated heterocycles. The van der Waals surface area contributed by atoms with E-state index >= 15 is 0 Å². The normalized spacial score (nSPS) is 21.1. The summed E-state index contributed by atoms with van der Waals surface area (Å²) in [4.78, 5) is 37.1. The molecule has 2 rings (SSSR count). The first-order valence-electron chi connectivity index (χ1n) is 8.14. The molecule has 1 amide bonds. The third-order valence-electron chi connectivity index (χ3n) is 4.36. The van der Waals surface area contributed by atoms with Gasteiger partial charge >= 0.3 is 0 Å². The van der Waals surface area contributed by atoms with E-state index in [2.05, 4.69) is 5.32 Å². The molecule has 1 fully saturated rings. The van der Waals surface area contributed by atoms with E-state index in [1.807, 2.05) is 46.8 Å². The predicted octanol–water partition coefficient (Wildman–Crippen LogP) is 2.77. The minimum atomic E-state index is -0.701. The third-order valence-corrected chi connectivity index (χ3v) is 4.36. The number of hydrogen-bond donors (Lipinski definition) is 1.